The number of rotatable bonds is 1. The molecule has 0 aliphatic heterocycles. The van der Waals surface area contributed by atoms with Crippen LogP contribution in [0, 0.1) is 5.92 Å². The molecule has 4 heteroatoms. The molecule has 98 valence electrons. The molecule has 3 rings (SSSR count). The topological polar surface area (TPSA) is 54.9 Å². The van der Waals surface area contributed by atoms with E-state index in [0.717, 1.165) is 12.8 Å². The molecule has 1 heterocycles. The van der Waals surface area contributed by atoms with Crippen molar-refractivity contribution in [3.63, 3.8) is 0 Å². The predicted molar refractivity (Wildman–Crippen MR) is 75.4 cm³/mol. The molecule has 4 nitrogen and oxygen atoms in total. The van der Waals surface area contributed by atoms with Crippen molar-refractivity contribution >= 4 is 10.8 Å². The number of fused-ring (bicyclic) bond motifs is 1. The fraction of sp³-hybridized carbons (Fsp3) is 0.333. The molecule has 1 aliphatic carbocycles. The number of nitrogens with zero attached hydrogens (tertiary/aromatic N) is 1. The average Bonchev–Trinajstić information content (AvgIpc) is 2.44. The number of H-pyrrole nitrogens is 1. The molecule has 0 spiro atoms. The quantitative estimate of drug-likeness (QED) is 0.795. The molecule has 0 saturated heterocycles. The molecule has 1 aromatic heterocycles. The highest BCUT2D eigenvalue weighted by Gasteiger charge is 2.22. The molecular formula is C15H16N2O2. The Bertz CT molecular complexity index is 755. The Labute approximate surface area is 110 Å². The Morgan fingerprint density at radius 2 is 1.95 bits per heavy atom. The van der Waals surface area contributed by atoms with Gasteiger partial charge in [-0.25, -0.2) is 4.68 Å². The summed E-state index contributed by atoms with van der Waals surface area (Å²) in [5, 5.41) is 3.69. The average molecular weight is 256 g/mol. The van der Waals surface area contributed by atoms with E-state index in [1.807, 2.05) is 0 Å². The van der Waals surface area contributed by atoms with Crippen LogP contribution in [0.4, 0.5) is 0 Å². The van der Waals surface area contributed by atoms with E-state index in [-0.39, 0.29) is 23.1 Å². The van der Waals surface area contributed by atoms with Crippen LogP contribution in [0.15, 0.2) is 46.0 Å². The largest absolute Gasteiger partial charge is 0.273 e. The van der Waals surface area contributed by atoms with Gasteiger partial charge in [0.25, 0.3) is 11.1 Å². The number of aromatic amines is 1. The van der Waals surface area contributed by atoms with Crippen LogP contribution in [-0.2, 0) is 0 Å². The second-order valence-electron chi connectivity index (χ2n) is 5.09. The number of aromatic nitrogens is 2. The van der Waals surface area contributed by atoms with Crippen LogP contribution in [0.2, 0.25) is 0 Å². The Morgan fingerprint density at radius 3 is 2.68 bits per heavy atom. The summed E-state index contributed by atoms with van der Waals surface area (Å²) in [5.74, 6) is 0.253. The minimum atomic E-state index is -0.197. The Kier molecular flexibility index (Phi) is 2.85. The van der Waals surface area contributed by atoms with Crippen molar-refractivity contribution < 1.29 is 0 Å². The van der Waals surface area contributed by atoms with E-state index in [9.17, 15) is 9.59 Å². The summed E-state index contributed by atoms with van der Waals surface area (Å²) in [5.41, 5.74) is -0.306. The summed E-state index contributed by atoms with van der Waals surface area (Å²) in [4.78, 5) is 24.6. The second kappa shape index (κ2) is 4.53. The number of hydrogen-bond acceptors (Lipinski definition) is 2. The van der Waals surface area contributed by atoms with Crippen molar-refractivity contribution in [2.75, 3.05) is 0 Å². The number of hydrogen-bond donors (Lipinski definition) is 1. The van der Waals surface area contributed by atoms with Gasteiger partial charge in [-0.1, -0.05) is 31.2 Å². The van der Waals surface area contributed by atoms with Gasteiger partial charge in [-0.05, 0) is 30.9 Å². The lowest BCUT2D eigenvalue weighted by Crippen LogP contribution is -2.35. The maximum atomic E-state index is 12.5. The molecule has 0 amide bonds. The van der Waals surface area contributed by atoms with E-state index < -0.39 is 0 Å². The number of benzene rings is 1. The fourth-order valence-electron chi connectivity index (χ4n) is 2.78. The zero-order chi connectivity index (χ0) is 13.4. The third kappa shape index (κ3) is 1.93. The summed E-state index contributed by atoms with van der Waals surface area (Å²) < 4.78 is 1.51. The van der Waals surface area contributed by atoms with Crippen LogP contribution in [0.3, 0.4) is 0 Å². The summed E-state index contributed by atoms with van der Waals surface area (Å²) >= 11 is 0. The molecule has 0 saturated carbocycles. The standard InChI is InChI=1S/C15H16N2O2/c1-10-6-2-5-9-13(10)17-15(19)12-8-4-3-7-11(12)14(18)16-17/h2-4,6-8,10,13H,5,9H2,1H3,(H,16,18)/t10-,13-/m1/s1. The lowest BCUT2D eigenvalue weighted by Gasteiger charge is -2.26. The first-order chi connectivity index (χ1) is 9.18. The summed E-state index contributed by atoms with van der Waals surface area (Å²) in [6.07, 6.45) is 6.06. The number of allylic oxidation sites excluding steroid dienone is 2. The van der Waals surface area contributed by atoms with Gasteiger partial charge in [0, 0.05) is 0 Å². The summed E-state index contributed by atoms with van der Waals surface area (Å²) in [6, 6.07) is 7.00. The molecular weight excluding hydrogens is 240 g/mol. The van der Waals surface area contributed by atoms with Crippen molar-refractivity contribution in [2.45, 2.75) is 25.8 Å². The van der Waals surface area contributed by atoms with Gasteiger partial charge in [0.05, 0.1) is 16.8 Å². The maximum absolute atomic E-state index is 12.5. The predicted octanol–water partition coefficient (Wildman–Crippen LogP) is 2.22. The number of nitrogens with one attached hydrogen (secondary N) is 1. The minimum Gasteiger partial charge on any atom is -0.267 e. The Balaban J connectivity index is 2.26. The second-order valence-corrected chi connectivity index (χ2v) is 5.09. The molecule has 0 fully saturated rings. The van der Waals surface area contributed by atoms with E-state index in [2.05, 4.69) is 24.2 Å². The van der Waals surface area contributed by atoms with E-state index >= 15 is 0 Å². The lowest BCUT2D eigenvalue weighted by atomic mass is 9.92. The van der Waals surface area contributed by atoms with Gasteiger partial charge in [-0.2, -0.15) is 0 Å². The van der Waals surface area contributed by atoms with Gasteiger partial charge in [0.1, 0.15) is 0 Å². The van der Waals surface area contributed by atoms with Gasteiger partial charge in [0.15, 0.2) is 0 Å². The monoisotopic (exact) mass is 256 g/mol. The van der Waals surface area contributed by atoms with Crippen molar-refractivity contribution in [1.29, 1.82) is 0 Å². The smallest absolute Gasteiger partial charge is 0.267 e. The maximum Gasteiger partial charge on any atom is 0.273 e. The van der Waals surface area contributed by atoms with Gasteiger partial charge >= 0.3 is 0 Å². The highest BCUT2D eigenvalue weighted by atomic mass is 16.2. The summed E-state index contributed by atoms with van der Waals surface area (Å²) in [7, 11) is 0. The highest BCUT2D eigenvalue weighted by Crippen LogP contribution is 2.27. The van der Waals surface area contributed by atoms with E-state index in [1.165, 1.54) is 4.68 Å². The first-order valence-corrected chi connectivity index (χ1v) is 6.58. The van der Waals surface area contributed by atoms with Gasteiger partial charge in [-0.3, -0.25) is 14.7 Å². The van der Waals surface area contributed by atoms with Crippen molar-refractivity contribution in [3.05, 3.63) is 57.1 Å². The summed E-state index contributed by atoms with van der Waals surface area (Å²) in [6.45, 7) is 2.07. The van der Waals surface area contributed by atoms with Crippen molar-refractivity contribution in [1.82, 2.24) is 9.78 Å². The molecule has 19 heavy (non-hydrogen) atoms. The first kappa shape index (κ1) is 12.0. The zero-order valence-electron chi connectivity index (χ0n) is 10.8. The highest BCUT2D eigenvalue weighted by molar-refractivity contribution is 5.80. The van der Waals surface area contributed by atoms with E-state index in [1.54, 1.807) is 24.3 Å². The molecule has 1 aliphatic rings. The van der Waals surface area contributed by atoms with Gasteiger partial charge < -0.3 is 0 Å². The Hall–Kier alpha value is -2.10. The molecule has 2 atom stereocenters. The molecule has 0 radical (unpaired) electrons. The minimum absolute atomic E-state index is 0.0369. The zero-order valence-corrected chi connectivity index (χ0v) is 10.8. The molecule has 1 aromatic carbocycles. The first-order valence-electron chi connectivity index (χ1n) is 6.58. The molecule has 0 bridgehead atoms. The van der Waals surface area contributed by atoms with Crippen LogP contribution in [0.25, 0.3) is 10.8 Å². The fourth-order valence-corrected chi connectivity index (χ4v) is 2.78. The van der Waals surface area contributed by atoms with Crippen LogP contribution >= 0.6 is 0 Å². The molecule has 2 aromatic rings. The van der Waals surface area contributed by atoms with Crippen LogP contribution < -0.4 is 11.1 Å². The van der Waals surface area contributed by atoms with Crippen LogP contribution in [-0.4, -0.2) is 9.78 Å². The van der Waals surface area contributed by atoms with Crippen LogP contribution in [0.5, 0.6) is 0 Å². The Morgan fingerprint density at radius 1 is 1.21 bits per heavy atom. The molecule has 0 unspecified atom stereocenters. The molecule has 1 N–H and O–H groups in total. The van der Waals surface area contributed by atoms with Crippen molar-refractivity contribution in [2.24, 2.45) is 5.92 Å². The third-order valence-corrected chi connectivity index (χ3v) is 3.85. The SMILES string of the molecule is C[C@@H]1C=CCC[C@H]1n1[nH]c(=O)c2ccccc2c1=O. The van der Waals surface area contributed by atoms with E-state index in [4.69, 9.17) is 0 Å². The van der Waals surface area contributed by atoms with Gasteiger partial charge in [-0.15, -0.1) is 0 Å². The van der Waals surface area contributed by atoms with Crippen molar-refractivity contribution in [3.8, 4) is 0 Å². The van der Waals surface area contributed by atoms with Gasteiger partial charge in [0.2, 0.25) is 0 Å². The van der Waals surface area contributed by atoms with Crippen LogP contribution in [0.1, 0.15) is 25.8 Å². The normalized spacial score (nSPS) is 22.8. The lowest BCUT2D eigenvalue weighted by molar-refractivity contribution is 0.327. The third-order valence-electron chi connectivity index (χ3n) is 3.85. The van der Waals surface area contributed by atoms with E-state index in [0.29, 0.717) is 10.8 Å².